The van der Waals surface area contributed by atoms with Gasteiger partial charge in [0.05, 0.1) is 12.0 Å². The van der Waals surface area contributed by atoms with Crippen molar-refractivity contribution >= 4 is 36.4 Å². The van der Waals surface area contributed by atoms with Crippen LogP contribution in [0.15, 0.2) is 42.5 Å². The van der Waals surface area contributed by atoms with Crippen molar-refractivity contribution in [1.82, 2.24) is 0 Å². The molecule has 5 heteroatoms. The molecule has 0 spiro atoms. The maximum Gasteiger partial charge on any atom is 0.309 e. The first-order chi connectivity index (χ1) is 10.0. The van der Waals surface area contributed by atoms with Crippen molar-refractivity contribution in [1.29, 1.82) is 0 Å². The summed E-state index contributed by atoms with van der Waals surface area (Å²) in [6.07, 6.45) is 0.927. The fraction of sp³-hybridized carbons (Fsp3) is 0.438. The van der Waals surface area contributed by atoms with Gasteiger partial charge in [0.1, 0.15) is 14.5 Å². The van der Waals surface area contributed by atoms with E-state index in [0.717, 1.165) is 11.1 Å². The van der Waals surface area contributed by atoms with E-state index in [2.05, 4.69) is 29.2 Å². The third-order valence-corrected chi connectivity index (χ3v) is 6.14. The number of benzene rings is 1. The predicted molar refractivity (Wildman–Crippen MR) is 89.3 cm³/mol. The van der Waals surface area contributed by atoms with Gasteiger partial charge in [-0.25, -0.2) is 0 Å². The Morgan fingerprint density at radius 3 is 2.81 bits per heavy atom. The molecule has 1 saturated heterocycles. The fourth-order valence-corrected chi connectivity index (χ4v) is 4.72. The van der Waals surface area contributed by atoms with Gasteiger partial charge >= 0.3 is 5.97 Å². The normalized spacial score (nSPS) is 34.1. The van der Waals surface area contributed by atoms with Crippen LogP contribution in [0.1, 0.15) is 18.4 Å². The van der Waals surface area contributed by atoms with Crippen molar-refractivity contribution in [3.8, 4) is 0 Å². The van der Waals surface area contributed by atoms with E-state index in [-0.39, 0.29) is 34.8 Å². The van der Waals surface area contributed by atoms with Crippen molar-refractivity contribution in [2.75, 3.05) is 0 Å². The smallest absolute Gasteiger partial charge is 0.309 e. The van der Waals surface area contributed by atoms with Gasteiger partial charge in [-0.15, -0.1) is 0 Å². The van der Waals surface area contributed by atoms with Crippen molar-refractivity contribution in [3.63, 3.8) is 0 Å². The zero-order valence-electron chi connectivity index (χ0n) is 11.6. The maximum absolute atomic E-state index is 12.1. The fourth-order valence-electron chi connectivity index (χ4n) is 3.22. The van der Waals surface area contributed by atoms with E-state index in [1.165, 1.54) is 0 Å². The lowest BCUT2D eigenvalue weighted by molar-refractivity contribution is -0.151. The molecule has 108 valence electrons. The molecule has 3 nitrogen and oxygen atoms in total. The molecule has 21 heavy (non-hydrogen) atoms. The number of carbonyl (C=O) groups is 1. The van der Waals surface area contributed by atoms with E-state index < -0.39 is 5.60 Å². The van der Waals surface area contributed by atoms with Crippen LogP contribution in [0.4, 0.5) is 0 Å². The number of esters is 1. The van der Waals surface area contributed by atoms with Gasteiger partial charge in [0.2, 0.25) is 0 Å². The van der Waals surface area contributed by atoms with E-state index in [1.807, 2.05) is 30.3 Å². The number of carbonyl (C=O) groups excluding carboxylic acids is 1. The van der Waals surface area contributed by atoms with Gasteiger partial charge in [-0.3, -0.25) is 4.79 Å². The van der Waals surface area contributed by atoms with Gasteiger partial charge in [-0.05, 0) is 12.0 Å². The molecule has 2 bridgehead atoms. The summed E-state index contributed by atoms with van der Waals surface area (Å²) >= 11 is 2.33. The lowest BCUT2D eigenvalue weighted by Crippen LogP contribution is -2.37. The summed E-state index contributed by atoms with van der Waals surface area (Å²) in [5.41, 5.74) is 1.53. The van der Waals surface area contributed by atoms with Gasteiger partial charge in [0.15, 0.2) is 0 Å². The lowest BCUT2D eigenvalue weighted by Gasteiger charge is -2.30. The Kier molecular flexibility index (Phi) is 4.14. The Morgan fingerprint density at radius 1 is 1.48 bits per heavy atom. The molecule has 1 aliphatic carbocycles. The second-order valence-corrected chi connectivity index (χ2v) is 7.07. The Labute approximate surface area is 139 Å². The predicted octanol–water partition coefficient (Wildman–Crippen LogP) is 2.76. The lowest BCUT2D eigenvalue weighted by atomic mass is 9.84. The summed E-state index contributed by atoms with van der Waals surface area (Å²) in [5.74, 6) is -0.101. The molecule has 1 aromatic rings. The van der Waals surface area contributed by atoms with Crippen LogP contribution in [0.2, 0.25) is 0 Å². The standard InChI is InChI=1S/C16H16BIO3/c1-10-7-16(14(18)13(10)15(17)21-16)8-12(19)20-9-11-5-3-2-4-6-11/h2-6,13-15H,1,7-9H2/t13?,14?,15-,16+/m1/s1. The minimum Gasteiger partial charge on any atom is -0.461 e. The number of ether oxygens (including phenoxy) is 2. The molecule has 1 saturated carbocycles. The molecule has 0 N–H and O–H groups in total. The van der Waals surface area contributed by atoms with E-state index >= 15 is 0 Å². The number of hydrogen-bond donors (Lipinski definition) is 0. The Bertz CT molecular complexity index is 562. The SMILES string of the molecule is [B][C@@H]1O[C@]2(CC(=O)OCc3ccccc3)CC(=C)C1C2I. The van der Waals surface area contributed by atoms with Crippen molar-refractivity contribution < 1.29 is 14.3 Å². The first-order valence-electron chi connectivity index (χ1n) is 6.96. The third-order valence-electron chi connectivity index (χ3n) is 4.23. The van der Waals surface area contributed by atoms with Crippen LogP contribution in [0.25, 0.3) is 0 Å². The van der Waals surface area contributed by atoms with Gasteiger partial charge < -0.3 is 9.47 Å². The Hall–Kier alpha value is -0.815. The van der Waals surface area contributed by atoms with Crippen LogP contribution in [0, 0.1) is 5.92 Å². The molecule has 2 radical (unpaired) electrons. The van der Waals surface area contributed by atoms with Crippen LogP contribution in [-0.2, 0) is 20.9 Å². The highest BCUT2D eigenvalue weighted by molar-refractivity contribution is 14.1. The quantitative estimate of drug-likeness (QED) is 0.259. The van der Waals surface area contributed by atoms with Crippen LogP contribution in [-0.4, -0.2) is 29.3 Å². The number of alkyl halides is 1. The van der Waals surface area contributed by atoms with Gasteiger partial charge in [-0.1, -0.05) is 65.1 Å². The highest BCUT2D eigenvalue weighted by atomic mass is 127. The minimum absolute atomic E-state index is 0.146. The molecule has 1 heterocycles. The molecule has 0 aromatic heterocycles. The molecule has 2 aliphatic rings. The molecule has 0 amide bonds. The summed E-state index contributed by atoms with van der Waals surface area (Å²) in [7, 11) is 5.99. The topological polar surface area (TPSA) is 35.5 Å². The highest BCUT2D eigenvalue weighted by Crippen LogP contribution is 2.55. The first-order valence-corrected chi connectivity index (χ1v) is 8.21. The molecular weight excluding hydrogens is 378 g/mol. The van der Waals surface area contributed by atoms with Gasteiger partial charge in [0.25, 0.3) is 0 Å². The van der Waals surface area contributed by atoms with E-state index in [9.17, 15) is 4.79 Å². The van der Waals surface area contributed by atoms with E-state index in [4.69, 9.17) is 17.3 Å². The van der Waals surface area contributed by atoms with Crippen LogP contribution in [0.3, 0.4) is 0 Å². The Morgan fingerprint density at radius 2 is 2.19 bits per heavy atom. The molecular formula is C16H16BIO3. The van der Waals surface area contributed by atoms with Crippen LogP contribution < -0.4 is 0 Å². The number of rotatable bonds is 4. The van der Waals surface area contributed by atoms with Crippen molar-refractivity contribution in [2.24, 2.45) is 5.92 Å². The second kappa shape index (κ2) is 5.76. The monoisotopic (exact) mass is 394 g/mol. The molecule has 1 aromatic carbocycles. The number of hydrogen-bond acceptors (Lipinski definition) is 3. The summed E-state index contributed by atoms with van der Waals surface area (Å²) < 4.78 is 11.4. The van der Waals surface area contributed by atoms with Gasteiger partial charge in [-0.2, -0.15) is 0 Å². The first kappa shape index (κ1) is 15.1. The maximum atomic E-state index is 12.1. The molecule has 2 fully saturated rings. The summed E-state index contributed by atoms with van der Waals surface area (Å²) in [6.45, 7) is 4.36. The van der Waals surface area contributed by atoms with Crippen LogP contribution in [0.5, 0.6) is 0 Å². The number of halogens is 1. The average molecular weight is 394 g/mol. The van der Waals surface area contributed by atoms with Gasteiger partial charge in [0, 0.05) is 15.8 Å². The van der Waals surface area contributed by atoms with Crippen LogP contribution >= 0.6 is 22.6 Å². The summed E-state index contributed by atoms with van der Waals surface area (Å²) in [5, 5.41) is 0. The molecule has 2 unspecified atom stereocenters. The number of fused-ring (bicyclic) bond motifs is 2. The average Bonchev–Trinajstić information content (AvgIpc) is 2.82. The highest BCUT2D eigenvalue weighted by Gasteiger charge is 2.59. The third kappa shape index (κ3) is 2.78. The van der Waals surface area contributed by atoms with Crippen molar-refractivity contribution in [3.05, 3.63) is 48.0 Å². The Balaban J connectivity index is 1.61. The minimum atomic E-state index is -0.532. The molecule has 3 rings (SSSR count). The zero-order valence-corrected chi connectivity index (χ0v) is 13.8. The second-order valence-electron chi connectivity index (χ2n) is 5.73. The largest absolute Gasteiger partial charge is 0.461 e. The zero-order chi connectivity index (χ0) is 15.0. The summed E-state index contributed by atoms with van der Waals surface area (Å²) in [4.78, 5) is 12.1. The van der Waals surface area contributed by atoms with E-state index in [0.29, 0.717) is 6.42 Å². The molecule has 1 aliphatic heterocycles. The summed E-state index contributed by atoms with van der Waals surface area (Å²) in [6, 6.07) is 9.30. The van der Waals surface area contributed by atoms with Crippen molar-refractivity contribution in [2.45, 2.75) is 35.0 Å². The van der Waals surface area contributed by atoms with E-state index in [1.54, 1.807) is 0 Å². The molecule has 4 atom stereocenters.